The molecule has 0 aliphatic heterocycles. The number of hydrogen-bond acceptors (Lipinski definition) is 3. The van der Waals surface area contributed by atoms with Crippen molar-refractivity contribution in [3.8, 4) is 0 Å². The van der Waals surface area contributed by atoms with Crippen molar-refractivity contribution >= 4 is 16.0 Å². The summed E-state index contributed by atoms with van der Waals surface area (Å²) in [6.07, 6.45) is 1.55. The highest BCUT2D eigenvalue weighted by atomic mass is 32.2. The highest BCUT2D eigenvalue weighted by Crippen LogP contribution is 2.12. The smallest absolute Gasteiger partial charge is 0.321 e. The summed E-state index contributed by atoms with van der Waals surface area (Å²) in [4.78, 5) is 10.9. The van der Waals surface area contributed by atoms with Crippen LogP contribution in [0.5, 0.6) is 0 Å². The number of sulfonamides is 1. The quantitative estimate of drug-likeness (QED) is 0.696. The lowest BCUT2D eigenvalue weighted by molar-refractivity contribution is -0.140. The van der Waals surface area contributed by atoms with Crippen LogP contribution in [-0.2, 0) is 14.8 Å². The molecule has 0 heterocycles. The molecular weight excluding hydrogens is 242 g/mol. The summed E-state index contributed by atoms with van der Waals surface area (Å²) in [6, 6.07) is -1.05. The van der Waals surface area contributed by atoms with Gasteiger partial charge in [-0.15, -0.1) is 0 Å². The van der Waals surface area contributed by atoms with Crippen molar-refractivity contribution in [2.45, 2.75) is 46.6 Å². The molecule has 0 aliphatic rings. The Bertz CT molecular complexity index is 333. The highest BCUT2D eigenvalue weighted by Gasteiger charge is 2.27. The Hall–Kier alpha value is -0.620. The van der Waals surface area contributed by atoms with E-state index in [1.165, 1.54) is 0 Å². The molecule has 0 rings (SSSR count). The Labute approximate surface area is 104 Å². The summed E-state index contributed by atoms with van der Waals surface area (Å²) in [5.41, 5.74) is 0. The molecule has 0 spiro atoms. The van der Waals surface area contributed by atoms with Crippen molar-refractivity contribution in [2.75, 3.05) is 5.75 Å². The van der Waals surface area contributed by atoms with E-state index in [0.29, 0.717) is 0 Å². The van der Waals surface area contributed by atoms with Gasteiger partial charge in [-0.1, -0.05) is 40.5 Å². The molecule has 0 amide bonds. The van der Waals surface area contributed by atoms with Crippen LogP contribution in [0.1, 0.15) is 40.5 Å². The van der Waals surface area contributed by atoms with Crippen molar-refractivity contribution in [1.29, 1.82) is 0 Å². The summed E-state index contributed by atoms with van der Waals surface area (Å²) in [5, 5.41) is 8.93. The van der Waals surface area contributed by atoms with Crippen molar-refractivity contribution < 1.29 is 18.3 Å². The predicted molar refractivity (Wildman–Crippen MR) is 67.3 cm³/mol. The minimum absolute atomic E-state index is 0.00347. The zero-order valence-corrected chi connectivity index (χ0v) is 11.8. The van der Waals surface area contributed by atoms with Crippen LogP contribution >= 0.6 is 0 Å². The van der Waals surface area contributed by atoms with Crippen LogP contribution in [0.3, 0.4) is 0 Å². The first-order valence-corrected chi connectivity index (χ1v) is 7.61. The average molecular weight is 265 g/mol. The topological polar surface area (TPSA) is 83.5 Å². The van der Waals surface area contributed by atoms with Crippen LogP contribution in [0, 0.1) is 11.8 Å². The van der Waals surface area contributed by atoms with E-state index in [4.69, 9.17) is 5.11 Å². The van der Waals surface area contributed by atoms with Gasteiger partial charge in [0, 0.05) is 0 Å². The van der Waals surface area contributed by atoms with Gasteiger partial charge in [-0.05, 0) is 11.8 Å². The molecule has 0 saturated carbocycles. The molecule has 0 aromatic carbocycles. The lowest BCUT2D eigenvalue weighted by atomic mass is 10.1. The van der Waals surface area contributed by atoms with Crippen LogP contribution < -0.4 is 4.72 Å². The molecule has 6 heteroatoms. The first-order chi connectivity index (χ1) is 7.73. The minimum atomic E-state index is -3.53. The maximum Gasteiger partial charge on any atom is 0.321 e. The normalized spacial score (nSPS) is 14.2. The van der Waals surface area contributed by atoms with Gasteiger partial charge in [0.05, 0.1) is 5.75 Å². The number of carbonyl (C=O) groups is 1. The van der Waals surface area contributed by atoms with Gasteiger partial charge >= 0.3 is 5.97 Å². The molecule has 2 N–H and O–H groups in total. The van der Waals surface area contributed by atoms with Crippen LogP contribution in [0.4, 0.5) is 0 Å². The van der Waals surface area contributed by atoms with E-state index in [1.807, 2.05) is 13.8 Å². The average Bonchev–Trinajstić information content (AvgIpc) is 2.22. The van der Waals surface area contributed by atoms with E-state index in [2.05, 4.69) is 4.72 Å². The lowest BCUT2D eigenvalue weighted by Crippen LogP contribution is -2.45. The molecule has 1 atom stereocenters. The molecule has 0 fully saturated rings. The van der Waals surface area contributed by atoms with Crippen molar-refractivity contribution in [2.24, 2.45) is 11.8 Å². The first kappa shape index (κ1) is 16.4. The second kappa shape index (κ2) is 6.96. The summed E-state index contributed by atoms with van der Waals surface area (Å²) in [5.74, 6) is -1.33. The summed E-state index contributed by atoms with van der Waals surface area (Å²) in [6.45, 7) is 7.22. The van der Waals surface area contributed by atoms with E-state index in [0.717, 1.165) is 12.8 Å². The van der Waals surface area contributed by atoms with E-state index < -0.39 is 22.0 Å². The molecule has 5 nitrogen and oxygen atoms in total. The fourth-order valence-electron chi connectivity index (χ4n) is 1.55. The third kappa shape index (κ3) is 6.02. The van der Waals surface area contributed by atoms with E-state index in [-0.39, 0.29) is 17.6 Å². The van der Waals surface area contributed by atoms with Gasteiger partial charge in [0.25, 0.3) is 0 Å². The zero-order chi connectivity index (χ0) is 13.6. The zero-order valence-electron chi connectivity index (χ0n) is 10.9. The second-order valence-corrected chi connectivity index (χ2v) is 6.44. The first-order valence-electron chi connectivity index (χ1n) is 5.96. The Morgan fingerprint density at radius 3 is 2.00 bits per heavy atom. The van der Waals surface area contributed by atoms with Gasteiger partial charge in [0.1, 0.15) is 6.04 Å². The molecule has 102 valence electrons. The minimum Gasteiger partial charge on any atom is -0.480 e. The second-order valence-electron chi connectivity index (χ2n) is 4.64. The lowest BCUT2D eigenvalue weighted by Gasteiger charge is -2.20. The molecule has 0 saturated heterocycles. The maximum absolute atomic E-state index is 11.8. The fourth-order valence-corrected chi connectivity index (χ4v) is 3.50. The number of carboxylic acids is 1. The summed E-state index contributed by atoms with van der Waals surface area (Å²) < 4.78 is 25.9. The highest BCUT2D eigenvalue weighted by molar-refractivity contribution is 7.89. The summed E-state index contributed by atoms with van der Waals surface area (Å²) in [7, 11) is -3.53. The van der Waals surface area contributed by atoms with Gasteiger partial charge in [-0.2, -0.15) is 0 Å². The molecule has 17 heavy (non-hydrogen) atoms. The van der Waals surface area contributed by atoms with Crippen LogP contribution in [0.25, 0.3) is 0 Å². The largest absolute Gasteiger partial charge is 0.480 e. The number of carboxylic acid groups (broad SMARTS) is 1. The van der Waals surface area contributed by atoms with Crippen LogP contribution in [-0.4, -0.2) is 31.3 Å². The molecule has 0 aromatic rings. The van der Waals surface area contributed by atoms with Crippen molar-refractivity contribution in [3.63, 3.8) is 0 Å². The Balaban J connectivity index is 4.67. The van der Waals surface area contributed by atoms with Crippen LogP contribution in [0.15, 0.2) is 0 Å². The van der Waals surface area contributed by atoms with Gasteiger partial charge in [0.15, 0.2) is 0 Å². The van der Waals surface area contributed by atoms with E-state index in [1.54, 1.807) is 13.8 Å². The van der Waals surface area contributed by atoms with E-state index >= 15 is 0 Å². The van der Waals surface area contributed by atoms with Gasteiger partial charge in [-0.25, -0.2) is 13.1 Å². The number of hydrogen-bond donors (Lipinski definition) is 2. The van der Waals surface area contributed by atoms with Gasteiger partial charge < -0.3 is 5.11 Å². The third-order valence-corrected chi connectivity index (χ3v) is 4.37. The Morgan fingerprint density at radius 1 is 1.24 bits per heavy atom. The van der Waals surface area contributed by atoms with Gasteiger partial charge in [-0.3, -0.25) is 4.79 Å². The number of nitrogens with one attached hydrogen (secondary N) is 1. The Kier molecular flexibility index (Phi) is 6.70. The van der Waals surface area contributed by atoms with Gasteiger partial charge in [0.2, 0.25) is 10.0 Å². The third-order valence-electron chi connectivity index (χ3n) is 2.85. The molecule has 0 radical (unpaired) electrons. The number of aliphatic carboxylic acids is 1. The molecular formula is C11H23NO4S. The molecule has 0 aliphatic carbocycles. The molecule has 0 unspecified atom stereocenters. The van der Waals surface area contributed by atoms with E-state index in [9.17, 15) is 13.2 Å². The molecule has 0 bridgehead atoms. The maximum atomic E-state index is 11.8. The SMILES string of the molecule is CCC(CC)CS(=O)(=O)N[C@@H](C(=O)O)C(C)C. The van der Waals surface area contributed by atoms with Crippen LogP contribution in [0.2, 0.25) is 0 Å². The summed E-state index contributed by atoms with van der Waals surface area (Å²) >= 11 is 0. The Morgan fingerprint density at radius 2 is 1.71 bits per heavy atom. The van der Waals surface area contributed by atoms with Crippen molar-refractivity contribution in [1.82, 2.24) is 4.72 Å². The monoisotopic (exact) mass is 265 g/mol. The molecule has 0 aromatic heterocycles. The number of rotatable bonds is 8. The fraction of sp³-hybridized carbons (Fsp3) is 0.909. The predicted octanol–water partition coefficient (Wildman–Crippen LogP) is 1.45. The standard InChI is InChI=1S/C11H23NO4S/c1-5-9(6-2)7-17(15,16)12-10(8(3)4)11(13)14/h8-10,12H,5-7H2,1-4H3,(H,13,14)/t10-/m1/s1. The van der Waals surface area contributed by atoms with Crippen molar-refractivity contribution in [3.05, 3.63) is 0 Å².